The van der Waals surface area contributed by atoms with Crippen LogP contribution in [0.1, 0.15) is 40.9 Å². The fraction of sp³-hybridized carbons (Fsp3) is 0.238. The van der Waals surface area contributed by atoms with Gasteiger partial charge in [0.15, 0.2) is 0 Å². The molecular formula is C21H21N3O4S. The fourth-order valence-electron chi connectivity index (χ4n) is 3.00. The molecule has 3 aromatic rings. The Hall–Kier alpha value is -3.15. The lowest BCUT2D eigenvalue weighted by Gasteiger charge is -2.12. The van der Waals surface area contributed by atoms with Crippen molar-refractivity contribution in [1.82, 2.24) is 9.12 Å². The van der Waals surface area contributed by atoms with E-state index >= 15 is 0 Å². The Bertz CT molecular complexity index is 1220. The normalized spacial score (nSPS) is 11.6. The van der Waals surface area contributed by atoms with Gasteiger partial charge in [0.2, 0.25) is 10.0 Å². The Morgan fingerprint density at radius 2 is 2.03 bits per heavy atom. The number of nitrogens with one attached hydrogen (secondary N) is 1. The molecule has 0 aliphatic rings. The number of esters is 1. The average Bonchev–Trinajstić information content (AvgIpc) is 3.02. The molecule has 0 unspecified atom stereocenters. The van der Waals surface area contributed by atoms with Crippen LogP contribution in [0.5, 0.6) is 0 Å². The van der Waals surface area contributed by atoms with E-state index in [-0.39, 0.29) is 23.1 Å². The highest BCUT2D eigenvalue weighted by Crippen LogP contribution is 2.21. The van der Waals surface area contributed by atoms with Crippen molar-refractivity contribution in [1.29, 1.82) is 5.26 Å². The van der Waals surface area contributed by atoms with Gasteiger partial charge in [0, 0.05) is 24.0 Å². The second kappa shape index (κ2) is 8.07. The molecule has 0 amide bonds. The zero-order valence-electron chi connectivity index (χ0n) is 16.3. The molecule has 0 aliphatic carbocycles. The van der Waals surface area contributed by atoms with E-state index < -0.39 is 16.0 Å². The number of rotatable bonds is 6. The van der Waals surface area contributed by atoms with E-state index in [4.69, 9.17) is 4.74 Å². The van der Waals surface area contributed by atoms with Crippen LogP contribution in [0.3, 0.4) is 0 Å². The Balaban J connectivity index is 1.85. The van der Waals surface area contributed by atoms with Crippen LogP contribution >= 0.6 is 0 Å². The molecule has 2 aromatic heterocycles. The van der Waals surface area contributed by atoms with Gasteiger partial charge in [0.25, 0.3) is 0 Å². The molecule has 0 saturated heterocycles. The van der Waals surface area contributed by atoms with Crippen molar-refractivity contribution in [2.24, 2.45) is 0 Å². The first-order chi connectivity index (χ1) is 13.7. The van der Waals surface area contributed by atoms with Crippen molar-refractivity contribution in [3.05, 3.63) is 71.0 Å². The van der Waals surface area contributed by atoms with Gasteiger partial charge in [0.1, 0.15) is 12.7 Å². The smallest absolute Gasteiger partial charge is 0.338 e. The van der Waals surface area contributed by atoms with Crippen LogP contribution < -0.4 is 4.72 Å². The zero-order chi connectivity index (χ0) is 21.2. The number of carbonyl (C=O) groups excluding carboxylic acids is 1. The van der Waals surface area contributed by atoms with E-state index in [9.17, 15) is 18.5 Å². The van der Waals surface area contributed by atoms with Crippen LogP contribution in [0.25, 0.3) is 5.52 Å². The maximum Gasteiger partial charge on any atom is 0.338 e. The van der Waals surface area contributed by atoms with Crippen LogP contribution in [-0.2, 0) is 21.4 Å². The van der Waals surface area contributed by atoms with E-state index in [1.54, 1.807) is 37.4 Å². The van der Waals surface area contributed by atoms with E-state index in [0.717, 1.165) is 5.52 Å². The summed E-state index contributed by atoms with van der Waals surface area (Å²) in [4.78, 5) is 12.6. The number of hydrogen-bond donors (Lipinski definition) is 1. The summed E-state index contributed by atoms with van der Waals surface area (Å²) in [7, 11) is -3.73. The number of carbonyl (C=O) groups is 1. The Kier molecular flexibility index (Phi) is 5.73. The summed E-state index contributed by atoms with van der Waals surface area (Å²) >= 11 is 0. The first kappa shape index (κ1) is 20.6. The SMILES string of the molecule is Cc1ccc(S(=O)(=O)NC(C)C)cc1C(=O)OCc1cn2ccccc2c1C#N. The number of sulfonamides is 1. The third-order valence-corrected chi connectivity index (χ3v) is 6.02. The lowest BCUT2D eigenvalue weighted by atomic mass is 10.1. The molecule has 0 saturated carbocycles. The molecule has 0 atom stereocenters. The van der Waals surface area contributed by atoms with E-state index in [1.165, 1.54) is 12.1 Å². The number of benzene rings is 1. The van der Waals surface area contributed by atoms with Gasteiger partial charge < -0.3 is 9.14 Å². The second-order valence-corrected chi connectivity index (χ2v) is 8.68. The van der Waals surface area contributed by atoms with Crippen molar-refractivity contribution in [3.63, 3.8) is 0 Å². The Labute approximate surface area is 169 Å². The van der Waals surface area contributed by atoms with Gasteiger partial charge >= 0.3 is 5.97 Å². The molecule has 2 heterocycles. The Morgan fingerprint density at radius 1 is 1.28 bits per heavy atom. The van der Waals surface area contributed by atoms with Crippen LogP contribution in [0.15, 0.2) is 53.7 Å². The van der Waals surface area contributed by atoms with Gasteiger partial charge in [-0.1, -0.05) is 12.1 Å². The van der Waals surface area contributed by atoms with E-state index in [1.807, 2.05) is 24.4 Å². The van der Waals surface area contributed by atoms with E-state index in [2.05, 4.69) is 10.8 Å². The van der Waals surface area contributed by atoms with E-state index in [0.29, 0.717) is 16.7 Å². The Morgan fingerprint density at radius 3 is 2.72 bits per heavy atom. The minimum Gasteiger partial charge on any atom is -0.457 e. The molecule has 1 aromatic carbocycles. The molecule has 0 fully saturated rings. The van der Waals surface area contributed by atoms with Crippen molar-refractivity contribution >= 4 is 21.5 Å². The molecule has 3 rings (SSSR count). The summed E-state index contributed by atoms with van der Waals surface area (Å²) in [5.74, 6) is -0.650. The lowest BCUT2D eigenvalue weighted by molar-refractivity contribution is 0.0471. The van der Waals surface area contributed by atoms with Crippen LogP contribution in [0.4, 0.5) is 0 Å². The van der Waals surface area contributed by atoms with Gasteiger partial charge in [-0.25, -0.2) is 17.9 Å². The molecule has 150 valence electrons. The van der Waals surface area contributed by atoms with Gasteiger partial charge in [-0.15, -0.1) is 0 Å². The number of fused-ring (bicyclic) bond motifs is 1. The summed E-state index contributed by atoms with van der Waals surface area (Å²) in [6, 6.07) is 11.7. The monoisotopic (exact) mass is 411 g/mol. The number of aryl methyl sites for hydroxylation is 1. The lowest BCUT2D eigenvalue weighted by Crippen LogP contribution is -2.30. The number of pyridine rings is 1. The maximum atomic E-state index is 12.6. The van der Waals surface area contributed by atoms with Gasteiger partial charge in [0.05, 0.1) is 21.5 Å². The molecule has 1 N–H and O–H groups in total. The van der Waals surface area contributed by atoms with Crippen molar-refractivity contribution in [3.8, 4) is 6.07 Å². The highest BCUT2D eigenvalue weighted by atomic mass is 32.2. The minimum absolute atomic E-state index is 0.00364. The maximum absolute atomic E-state index is 12.6. The predicted octanol–water partition coefficient (Wildman–Crippen LogP) is 3.16. The topological polar surface area (TPSA) is 101 Å². The summed E-state index contributed by atoms with van der Waals surface area (Å²) in [6.45, 7) is 5.05. The highest BCUT2D eigenvalue weighted by molar-refractivity contribution is 7.89. The number of ether oxygens (including phenoxy) is 1. The molecule has 0 bridgehead atoms. The summed E-state index contributed by atoms with van der Waals surface area (Å²) in [6.07, 6.45) is 3.54. The minimum atomic E-state index is -3.73. The predicted molar refractivity (Wildman–Crippen MR) is 108 cm³/mol. The molecule has 8 heteroatoms. The summed E-state index contributed by atoms with van der Waals surface area (Å²) < 4.78 is 34.5. The average molecular weight is 411 g/mol. The third-order valence-electron chi connectivity index (χ3n) is 4.36. The molecule has 29 heavy (non-hydrogen) atoms. The van der Waals surface area contributed by atoms with Gasteiger partial charge in [-0.05, 0) is 50.6 Å². The zero-order valence-corrected chi connectivity index (χ0v) is 17.2. The number of aromatic nitrogens is 1. The van der Waals surface area contributed by atoms with Crippen molar-refractivity contribution in [2.75, 3.05) is 0 Å². The van der Waals surface area contributed by atoms with Crippen LogP contribution in [0.2, 0.25) is 0 Å². The number of nitriles is 1. The fourth-order valence-corrected chi connectivity index (χ4v) is 4.28. The van der Waals surface area contributed by atoms with Crippen molar-refractivity contribution < 1.29 is 17.9 Å². The number of hydrogen-bond acceptors (Lipinski definition) is 5. The molecule has 0 radical (unpaired) electrons. The van der Waals surface area contributed by atoms with Crippen LogP contribution in [0, 0.1) is 18.3 Å². The standard InChI is InChI=1S/C21H21N3O4S/c1-14(2)23-29(26,27)17-8-7-15(3)18(10-17)21(25)28-13-16-12-24-9-5-4-6-20(24)19(16)11-22/h4-10,12,14,23H,13H2,1-3H3. The quantitative estimate of drug-likeness (QED) is 0.628. The van der Waals surface area contributed by atoms with Gasteiger partial charge in [-0.2, -0.15) is 5.26 Å². The molecule has 0 spiro atoms. The molecule has 7 nitrogen and oxygen atoms in total. The second-order valence-electron chi connectivity index (χ2n) is 6.96. The third kappa shape index (κ3) is 4.31. The first-order valence-electron chi connectivity index (χ1n) is 9.01. The molecule has 0 aliphatic heterocycles. The summed E-state index contributed by atoms with van der Waals surface area (Å²) in [5.41, 5.74) is 2.51. The van der Waals surface area contributed by atoms with Crippen LogP contribution in [-0.4, -0.2) is 24.8 Å². The van der Waals surface area contributed by atoms with Gasteiger partial charge in [-0.3, -0.25) is 0 Å². The largest absolute Gasteiger partial charge is 0.457 e. The molecular weight excluding hydrogens is 390 g/mol. The highest BCUT2D eigenvalue weighted by Gasteiger charge is 2.20. The van der Waals surface area contributed by atoms with Crippen molar-refractivity contribution in [2.45, 2.75) is 38.3 Å². The first-order valence-corrected chi connectivity index (χ1v) is 10.5. The number of nitrogens with zero attached hydrogens (tertiary/aromatic N) is 2. The summed E-state index contributed by atoms with van der Waals surface area (Å²) in [5, 5.41) is 9.45.